The van der Waals surface area contributed by atoms with Crippen LogP contribution < -0.4 is 5.32 Å². The van der Waals surface area contributed by atoms with Gasteiger partial charge in [0.2, 0.25) is 5.95 Å². The number of nitrogens with zero attached hydrogens (tertiary/aromatic N) is 3. The maximum atomic E-state index is 12.4. The number of amides is 1. The van der Waals surface area contributed by atoms with E-state index < -0.39 is 5.60 Å². The number of imidazole rings is 1. The summed E-state index contributed by atoms with van der Waals surface area (Å²) < 4.78 is 7.61. The van der Waals surface area contributed by atoms with Crippen LogP contribution in [0.3, 0.4) is 0 Å². The molecule has 6 nitrogen and oxygen atoms in total. The number of rotatable bonds is 4. The maximum Gasteiger partial charge on any atom is 0.410 e. The maximum absolute atomic E-state index is 12.4. The number of para-hydroxylation sites is 2. The Morgan fingerprint density at radius 1 is 1.23 bits per heavy atom. The summed E-state index contributed by atoms with van der Waals surface area (Å²) >= 11 is 12.6. The van der Waals surface area contributed by atoms with Crippen molar-refractivity contribution in [2.75, 3.05) is 18.4 Å². The smallest absolute Gasteiger partial charge is 0.410 e. The lowest BCUT2D eigenvalue weighted by Crippen LogP contribution is -2.36. The van der Waals surface area contributed by atoms with Crippen LogP contribution in [0.15, 0.2) is 42.5 Å². The molecular formula is C23H26Cl2N4O2. The van der Waals surface area contributed by atoms with E-state index in [-0.39, 0.29) is 12.1 Å². The molecule has 3 aromatic rings. The minimum Gasteiger partial charge on any atom is -0.444 e. The second-order valence-electron chi connectivity index (χ2n) is 8.80. The van der Waals surface area contributed by atoms with Crippen molar-refractivity contribution < 1.29 is 9.53 Å². The van der Waals surface area contributed by atoms with Gasteiger partial charge in [0.15, 0.2) is 0 Å². The zero-order valence-corrected chi connectivity index (χ0v) is 19.4. The van der Waals surface area contributed by atoms with Crippen molar-refractivity contribution in [1.82, 2.24) is 14.5 Å². The quantitative estimate of drug-likeness (QED) is 0.533. The molecule has 4 rings (SSSR count). The van der Waals surface area contributed by atoms with E-state index in [2.05, 4.69) is 9.88 Å². The molecule has 1 aromatic heterocycles. The topological polar surface area (TPSA) is 59.4 Å². The first-order valence-corrected chi connectivity index (χ1v) is 11.1. The van der Waals surface area contributed by atoms with Crippen LogP contribution in [-0.2, 0) is 11.3 Å². The third-order valence-electron chi connectivity index (χ3n) is 5.16. The van der Waals surface area contributed by atoms with Crippen LogP contribution >= 0.6 is 23.2 Å². The van der Waals surface area contributed by atoms with Crippen molar-refractivity contribution in [3.8, 4) is 0 Å². The van der Waals surface area contributed by atoms with E-state index in [1.165, 1.54) is 0 Å². The molecule has 0 bridgehead atoms. The fourth-order valence-electron chi connectivity index (χ4n) is 3.73. The SMILES string of the molecule is CC(C)(C)OC(=O)N1CCC(Nc2nc3ccccc3n2Cc2cc(Cl)ccc2Cl)C1. The van der Waals surface area contributed by atoms with Crippen LogP contribution in [0.1, 0.15) is 32.8 Å². The Morgan fingerprint density at radius 3 is 2.77 bits per heavy atom. The number of ether oxygens (including phenoxy) is 1. The number of halogens is 2. The number of likely N-dealkylation sites (tertiary alicyclic amines) is 1. The predicted octanol–water partition coefficient (Wildman–Crippen LogP) is 5.81. The van der Waals surface area contributed by atoms with Gasteiger partial charge in [0.25, 0.3) is 0 Å². The van der Waals surface area contributed by atoms with Crippen molar-refractivity contribution >= 4 is 46.3 Å². The number of nitrogens with one attached hydrogen (secondary N) is 1. The van der Waals surface area contributed by atoms with Crippen molar-refractivity contribution in [1.29, 1.82) is 0 Å². The average Bonchev–Trinajstić information content (AvgIpc) is 3.29. The molecule has 2 heterocycles. The van der Waals surface area contributed by atoms with E-state index >= 15 is 0 Å². The summed E-state index contributed by atoms with van der Waals surface area (Å²) in [7, 11) is 0. The summed E-state index contributed by atoms with van der Waals surface area (Å²) in [5.41, 5.74) is 2.31. The fraction of sp³-hybridized carbons (Fsp3) is 0.391. The molecule has 1 aliphatic heterocycles. The Kier molecular flexibility index (Phi) is 6.04. The molecule has 1 fully saturated rings. The first-order valence-electron chi connectivity index (χ1n) is 10.3. The average molecular weight is 461 g/mol. The Hall–Kier alpha value is -2.44. The Morgan fingerprint density at radius 2 is 2.00 bits per heavy atom. The zero-order valence-electron chi connectivity index (χ0n) is 17.9. The summed E-state index contributed by atoms with van der Waals surface area (Å²) in [4.78, 5) is 18.9. The van der Waals surface area contributed by atoms with Crippen molar-refractivity contribution in [3.05, 3.63) is 58.1 Å². The number of carbonyl (C=O) groups is 1. The highest BCUT2D eigenvalue weighted by atomic mass is 35.5. The molecule has 2 aromatic carbocycles. The number of hydrogen-bond acceptors (Lipinski definition) is 4. The van der Waals surface area contributed by atoms with E-state index in [0.717, 1.165) is 29.0 Å². The molecule has 0 saturated carbocycles. The van der Waals surface area contributed by atoms with Gasteiger partial charge in [-0.25, -0.2) is 9.78 Å². The van der Waals surface area contributed by atoms with Crippen LogP contribution in [0.2, 0.25) is 10.0 Å². The van der Waals surface area contributed by atoms with Crippen molar-refractivity contribution in [2.45, 2.75) is 45.4 Å². The predicted molar refractivity (Wildman–Crippen MR) is 125 cm³/mol. The Labute approximate surface area is 192 Å². The molecule has 0 spiro atoms. The van der Waals surface area contributed by atoms with Gasteiger partial charge in [-0.05, 0) is 63.1 Å². The molecule has 0 radical (unpaired) electrons. The largest absolute Gasteiger partial charge is 0.444 e. The van der Waals surface area contributed by atoms with E-state index in [4.69, 9.17) is 32.9 Å². The highest BCUT2D eigenvalue weighted by Crippen LogP contribution is 2.27. The number of aromatic nitrogens is 2. The standard InChI is InChI=1S/C23H26Cl2N4O2/c1-23(2,3)31-22(30)28-11-10-17(14-28)26-21-27-19-6-4-5-7-20(19)29(21)13-15-12-16(24)8-9-18(15)25/h4-9,12,17H,10-11,13-14H2,1-3H3,(H,26,27). The lowest BCUT2D eigenvalue weighted by molar-refractivity contribution is 0.0293. The Balaban J connectivity index is 1.56. The second kappa shape index (κ2) is 8.60. The summed E-state index contributed by atoms with van der Waals surface area (Å²) in [5.74, 6) is 0.744. The van der Waals surface area contributed by atoms with E-state index in [0.29, 0.717) is 29.7 Å². The van der Waals surface area contributed by atoms with Gasteiger partial charge >= 0.3 is 6.09 Å². The molecule has 1 saturated heterocycles. The van der Waals surface area contributed by atoms with Gasteiger partial charge in [-0.15, -0.1) is 0 Å². The second-order valence-corrected chi connectivity index (χ2v) is 9.65. The lowest BCUT2D eigenvalue weighted by atomic mass is 10.2. The van der Waals surface area contributed by atoms with E-state index in [1.807, 2.05) is 51.1 Å². The van der Waals surface area contributed by atoms with Gasteiger partial charge < -0.3 is 19.5 Å². The van der Waals surface area contributed by atoms with Gasteiger partial charge in [-0.2, -0.15) is 0 Å². The first-order chi connectivity index (χ1) is 14.7. The lowest BCUT2D eigenvalue weighted by Gasteiger charge is -2.24. The molecule has 1 atom stereocenters. The van der Waals surface area contributed by atoms with Gasteiger partial charge in [-0.1, -0.05) is 35.3 Å². The third-order valence-corrected chi connectivity index (χ3v) is 5.77. The summed E-state index contributed by atoms with van der Waals surface area (Å²) in [5, 5.41) is 4.83. The van der Waals surface area contributed by atoms with Gasteiger partial charge in [0.1, 0.15) is 5.60 Å². The molecule has 164 valence electrons. The number of carbonyl (C=O) groups excluding carboxylic acids is 1. The zero-order chi connectivity index (χ0) is 22.2. The summed E-state index contributed by atoms with van der Waals surface area (Å²) in [6.45, 7) is 7.37. The van der Waals surface area contributed by atoms with Crippen molar-refractivity contribution in [3.63, 3.8) is 0 Å². The molecule has 1 N–H and O–H groups in total. The molecule has 8 heteroatoms. The van der Waals surface area contributed by atoms with Crippen LogP contribution in [0, 0.1) is 0 Å². The molecule has 1 aliphatic rings. The number of fused-ring (bicyclic) bond motifs is 1. The summed E-state index contributed by atoms with van der Waals surface area (Å²) in [6, 6.07) is 13.5. The monoisotopic (exact) mass is 460 g/mol. The fourth-order valence-corrected chi connectivity index (χ4v) is 4.11. The molecular weight excluding hydrogens is 435 g/mol. The van der Waals surface area contributed by atoms with E-state index in [9.17, 15) is 4.79 Å². The highest BCUT2D eigenvalue weighted by Gasteiger charge is 2.30. The molecule has 31 heavy (non-hydrogen) atoms. The minimum absolute atomic E-state index is 0.0814. The van der Waals surface area contributed by atoms with Crippen LogP contribution in [0.4, 0.5) is 10.7 Å². The van der Waals surface area contributed by atoms with Gasteiger partial charge in [0.05, 0.1) is 17.6 Å². The van der Waals surface area contributed by atoms with Gasteiger partial charge in [-0.3, -0.25) is 0 Å². The molecule has 1 unspecified atom stereocenters. The first kappa shape index (κ1) is 21.8. The summed E-state index contributed by atoms with van der Waals surface area (Å²) in [6.07, 6.45) is 0.538. The normalized spacial score (nSPS) is 16.7. The van der Waals surface area contributed by atoms with Crippen LogP contribution in [0.25, 0.3) is 11.0 Å². The number of benzene rings is 2. The number of hydrogen-bond donors (Lipinski definition) is 1. The number of anilines is 1. The van der Waals surface area contributed by atoms with Crippen LogP contribution in [-0.4, -0.2) is 45.3 Å². The van der Waals surface area contributed by atoms with Gasteiger partial charge in [0, 0.05) is 29.2 Å². The van der Waals surface area contributed by atoms with Crippen molar-refractivity contribution in [2.24, 2.45) is 0 Å². The van der Waals surface area contributed by atoms with E-state index in [1.54, 1.807) is 17.0 Å². The third kappa shape index (κ3) is 5.08. The Bertz CT molecular complexity index is 1110. The molecule has 0 aliphatic carbocycles. The highest BCUT2D eigenvalue weighted by molar-refractivity contribution is 6.33. The van der Waals surface area contributed by atoms with Crippen LogP contribution in [0.5, 0.6) is 0 Å². The molecule has 1 amide bonds. The minimum atomic E-state index is -0.507.